The first-order chi connectivity index (χ1) is 17.7. The third-order valence-corrected chi connectivity index (χ3v) is 8.10. The Morgan fingerprint density at radius 2 is 2.00 bits per heavy atom. The topological polar surface area (TPSA) is 157 Å². The van der Waals surface area contributed by atoms with Crippen LogP contribution in [0.1, 0.15) is 31.7 Å². The van der Waals surface area contributed by atoms with E-state index in [1.807, 2.05) is 13.0 Å². The normalized spacial score (nSPS) is 28.6. The number of fused-ring (bicyclic) bond motifs is 3. The second-order valence-corrected chi connectivity index (χ2v) is 10.1. The zero-order valence-electron chi connectivity index (χ0n) is 20.5. The Morgan fingerprint density at radius 1 is 1.24 bits per heavy atom. The summed E-state index contributed by atoms with van der Waals surface area (Å²) < 4.78 is 5.74. The average molecular weight is 532 g/mol. The molecule has 0 spiro atoms. The summed E-state index contributed by atoms with van der Waals surface area (Å²) in [6.45, 7) is 2.50. The van der Waals surface area contributed by atoms with Gasteiger partial charge in [0.05, 0.1) is 42.8 Å². The van der Waals surface area contributed by atoms with Crippen LogP contribution in [0, 0.1) is 17.8 Å². The van der Waals surface area contributed by atoms with Gasteiger partial charge < -0.3 is 35.6 Å². The molecule has 0 unspecified atom stereocenters. The van der Waals surface area contributed by atoms with Gasteiger partial charge in [-0.1, -0.05) is 11.6 Å². The molecule has 0 radical (unpaired) electrons. The number of anilines is 4. The van der Waals surface area contributed by atoms with Crippen LogP contribution in [0.15, 0.2) is 18.3 Å². The number of nitrogens with zero attached hydrogens (tertiary/aromatic N) is 3. The number of halogens is 1. The van der Waals surface area contributed by atoms with E-state index in [0.29, 0.717) is 43.7 Å². The van der Waals surface area contributed by atoms with Crippen molar-refractivity contribution in [3.63, 3.8) is 0 Å². The lowest BCUT2D eigenvalue weighted by Crippen LogP contribution is -2.50. The Bertz CT molecular complexity index is 1230. The molecule has 2 saturated carbocycles. The maximum atomic E-state index is 12.5. The van der Waals surface area contributed by atoms with Crippen molar-refractivity contribution in [1.29, 1.82) is 0 Å². The number of carboxylic acid groups (broad SMARTS) is 1. The van der Waals surface area contributed by atoms with E-state index in [2.05, 4.69) is 20.6 Å². The molecule has 6 atom stereocenters. The number of carbonyl (C=O) groups is 2. The van der Waals surface area contributed by atoms with Gasteiger partial charge in [0, 0.05) is 36.4 Å². The Kier molecular flexibility index (Phi) is 6.86. The fourth-order valence-corrected chi connectivity index (χ4v) is 6.31. The van der Waals surface area contributed by atoms with Crippen LogP contribution in [0.2, 0.25) is 5.02 Å². The number of aliphatic hydroxyl groups excluding tert-OH is 2. The van der Waals surface area contributed by atoms with Gasteiger partial charge in [-0.05, 0) is 38.3 Å². The predicted molar refractivity (Wildman–Crippen MR) is 136 cm³/mol. The van der Waals surface area contributed by atoms with Gasteiger partial charge in [-0.2, -0.15) is 4.98 Å². The average Bonchev–Trinajstić information content (AvgIpc) is 3.32. The molecule has 5 N–H and O–H groups in total. The molecule has 2 fully saturated rings. The van der Waals surface area contributed by atoms with Gasteiger partial charge in [0.2, 0.25) is 11.9 Å². The quantitative estimate of drug-likeness (QED) is 0.359. The van der Waals surface area contributed by atoms with E-state index in [0.717, 1.165) is 11.3 Å². The van der Waals surface area contributed by atoms with Crippen LogP contribution < -0.4 is 20.3 Å². The molecule has 37 heavy (non-hydrogen) atoms. The number of hydrogen-bond donors (Lipinski definition) is 5. The van der Waals surface area contributed by atoms with E-state index in [-0.39, 0.29) is 22.7 Å². The smallest absolute Gasteiger partial charge is 0.308 e. The minimum Gasteiger partial charge on any atom is -0.494 e. The van der Waals surface area contributed by atoms with Crippen LogP contribution >= 0.6 is 11.6 Å². The number of aromatic nitrogens is 2. The maximum Gasteiger partial charge on any atom is 0.308 e. The number of rotatable bonds is 7. The third kappa shape index (κ3) is 4.34. The number of nitrogens with one attached hydrogen (secondary N) is 2. The van der Waals surface area contributed by atoms with Crippen LogP contribution in [-0.4, -0.2) is 69.1 Å². The summed E-state index contributed by atoms with van der Waals surface area (Å²) in [5.41, 5.74) is 2.36. The van der Waals surface area contributed by atoms with Crippen molar-refractivity contribution in [2.45, 2.75) is 50.9 Å². The Labute approximate surface area is 218 Å². The van der Waals surface area contributed by atoms with Gasteiger partial charge in [0.25, 0.3) is 0 Å². The first-order valence-electron chi connectivity index (χ1n) is 12.4. The number of hydrogen-bond acceptors (Lipinski definition) is 9. The first kappa shape index (κ1) is 25.5. The van der Waals surface area contributed by atoms with E-state index in [1.54, 1.807) is 18.1 Å². The van der Waals surface area contributed by atoms with Crippen LogP contribution in [-0.2, 0) is 16.0 Å². The monoisotopic (exact) mass is 531 g/mol. The molecule has 3 aliphatic rings. The molecule has 2 heterocycles. The van der Waals surface area contributed by atoms with Crippen LogP contribution in [0.5, 0.6) is 5.75 Å². The lowest BCUT2D eigenvalue weighted by molar-refractivity contribution is -0.148. The summed E-state index contributed by atoms with van der Waals surface area (Å²) in [6.07, 6.45) is 1.57. The molecule has 1 amide bonds. The van der Waals surface area contributed by atoms with E-state index in [1.165, 1.54) is 6.20 Å². The zero-order chi connectivity index (χ0) is 26.4. The fraction of sp³-hybridized carbons (Fsp3) is 0.520. The summed E-state index contributed by atoms with van der Waals surface area (Å²) in [5, 5.41) is 36.8. The van der Waals surface area contributed by atoms with Gasteiger partial charge in [-0.3, -0.25) is 9.59 Å². The van der Waals surface area contributed by atoms with E-state index >= 15 is 0 Å². The van der Waals surface area contributed by atoms with E-state index in [9.17, 15) is 24.9 Å². The summed E-state index contributed by atoms with van der Waals surface area (Å²) in [6, 6.07) is 3.03. The third-order valence-electron chi connectivity index (χ3n) is 7.83. The summed E-state index contributed by atoms with van der Waals surface area (Å²) in [7, 11) is 1.57. The number of ether oxygens (including phenoxy) is 1. The number of benzene rings is 1. The van der Waals surface area contributed by atoms with Crippen LogP contribution in [0.25, 0.3) is 0 Å². The van der Waals surface area contributed by atoms with Crippen molar-refractivity contribution >= 4 is 46.6 Å². The van der Waals surface area contributed by atoms with E-state index < -0.39 is 42.0 Å². The molecule has 11 nitrogen and oxygen atoms in total. The fourth-order valence-electron chi connectivity index (χ4n) is 6.17. The number of aliphatic carboxylic acids is 1. The van der Waals surface area contributed by atoms with E-state index in [4.69, 9.17) is 16.3 Å². The van der Waals surface area contributed by atoms with Crippen molar-refractivity contribution in [3.05, 3.63) is 28.9 Å². The molecule has 2 aromatic rings. The molecular weight excluding hydrogens is 502 g/mol. The predicted octanol–water partition coefficient (Wildman–Crippen LogP) is 2.42. The van der Waals surface area contributed by atoms with Gasteiger partial charge in [-0.25, -0.2) is 4.98 Å². The van der Waals surface area contributed by atoms with Crippen LogP contribution in [0.3, 0.4) is 0 Å². The minimum absolute atomic E-state index is 0.0821. The zero-order valence-corrected chi connectivity index (χ0v) is 21.3. The van der Waals surface area contributed by atoms with Crippen molar-refractivity contribution in [3.8, 4) is 5.75 Å². The lowest BCUT2D eigenvalue weighted by Gasteiger charge is -2.35. The number of carboxylic acids is 1. The summed E-state index contributed by atoms with van der Waals surface area (Å²) in [4.78, 5) is 35.0. The number of carbonyl (C=O) groups excluding carboxylic acids is 1. The second kappa shape index (κ2) is 9.96. The maximum absolute atomic E-state index is 12.5. The molecule has 12 heteroatoms. The molecule has 2 bridgehead atoms. The van der Waals surface area contributed by atoms with Gasteiger partial charge in [0.15, 0.2) is 5.82 Å². The Hall–Kier alpha value is -3.15. The van der Waals surface area contributed by atoms with Crippen LogP contribution in [0.4, 0.5) is 23.1 Å². The van der Waals surface area contributed by atoms with Gasteiger partial charge in [-0.15, -0.1) is 0 Å². The molecule has 1 aliphatic heterocycles. The summed E-state index contributed by atoms with van der Waals surface area (Å²) >= 11 is 6.35. The SMILES string of the molecule is CCN1C(=O)CCCc2c1ccc(Nc1ncc(Cl)c(N[C@@H]3[C@@H]4C[C@@H]([C@@H](O)[C@H]4O)[C@@H]3C(=O)O)n1)c2OC. The molecule has 198 valence electrons. The molecule has 5 rings (SSSR count). The number of amides is 1. The molecule has 1 aromatic carbocycles. The highest BCUT2D eigenvalue weighted by Gasteiger charge is 2.60. The summed E-state index contributed by atoms with van der Waals surface area (Å²) in [5.74, 6) is -1.83. The van der Waals surface area contributed by atoms with Crippen molar-refractivity contribution in [1.82, 2.24) is 9.97 Å². The van der Waals surface area contributed by atoms with Crippen molar-refractivity contribution in [2.75, 3.05) is 29.2 Å². The molecular formula is C25H30ClN5O6. The van der Waals surface area contributed by atoms with Crippen molar-refractivity contribution in [2.24, 2.45) is 17.8 Å². The highest BCUT2D eigenvalue weighted by molar-refractivity contribution is 6.32. The number of aliphatic hydroxyl groups is 2. The second-order valence-electron chi connectivity index (χ2n) is 9.73. The molecule has 0 saturated heterocycles. The first-order valence-corrected chi connectivity index (χ1v) is 12.8. The molecule has 2 aliphatic carbocycles. The molecule has 1 aromatic heterocycles. The largest absolute Gasteiger partial charge is 0.494 e. The van der Waals surface area contributed by atoms with Gasteiger partial charge in [0.1, 0.15) is 10.8 Å². The Balaban J connectivity index is 1.43. The minimum atomic E-state index is -1.07. The highest BCUT2D eigenvalue weighted by Crippen LogP contribution is 2.50. The lowest BCUT2D eigenvalue weighted by atomic mass is 9.81. The van der Waals surface area contributed by atoms with Crippen molar-refractivity contribution < 1.29 is 29.6 Å². The standard InChI is InChI=1S/C25H30ClN5O6/c1-3-31-16-8-7-15(22(37-2)11(16)5-4-6-17(31)32)28-25-27-10-14(26)23(30-25)29-19-13-9-12(18(19)24(35)36)20(33)21(13)34/h7-8,10,12-13,18-21,33-34H,3-6,9H2,1-2H3,(H,35,36)(H2,27,28,29,30)/t12-,13+,18+,19-,20-,21+/m1/s1. The Morgan fingerprint density at radius 3 is 2.70 bits per heavy atom. The van der Waals surface area contributed by atoms with Gasteiger partial charge >= 0.3 is 5.97 Å². The highest BCUT2D eigenvalue weighted by atomic mass is 35.5. The number of methoxy groups -OCH3 is 1.